The van der Waals surface area contributed by atoms with Gasteiger partial charge in [0.15, 0.2) is 5.82 Å². The van der Waals surface area contributed by atoms with Gasteiger partial charge in [0.05, 0.1) is 6.61 Å². The molecule has 0 amide bonds. The Bertz CT molecular complexity index is 658. The third-order valence-corrected chi connectivity index (χ3v) is 5.41. The van der Waals surface area contributed by atoms with Crippen LogP contribution >= 0.6 is 11.3 Å². The van der Waals surface area contributed by atoms with Gasteiger partial charge in [0.2, 0.25) is 0 Å². The van der Waals surface area contributed by atoms with E-state index >= 15 is 0 Å². The van der Waals surface area contributed by atoms with Crippen LogP contribution in [0, 0.1) is 6.92 Å². The van der Waals surface area contributed by atoms with Crippen LogP contribution in [-0.4, -0.2) is 23.3 Å². The minimum absolute atomic E-state index is 0.157. The number of rotatable bonds is 4. The van der Waals surface area contributed by atoms with Crippen LogP contribution in [0.3, 0.4) is 0 Å². The molecule has 2 heterocycles. The fraction of sp³-hybridized carbons (Fsp3) is 0.300. The molecule has 0 aliphatic rings. The van der Waals surface area contributed by atoms with E-state index in [0.29, 0.717) is 4.88 Å². The predicted molar refractivity (Wildman–Crippen MR) is 69.0 cm³/mol. The van der Waals surface area contributed by atoms with Crippen molar-refractivity contribution in [2.45, 2.75) is 17.7 Å². The van der Waals surface area contributed by atoms with E-state index in [9.17, 15) is 8.42 Å². The van der Waals surface area contributed by atoms with E-state index in [-0.39, 0.29) is 16.6 Å². The molecule has 2 aromatic heterocycles. The van der Waals surface area contributed by atoms with E-state index in [1.165, 1.54) is 4.68 Å². The van der Waals surface area contributed by atoms with Crippen LogP contribution in [0.15, 0.2) is 22.5 Å². The lowest BCUT2D eigenvalue weighted by atomic mass is 10.3. The number of aliphatic hydroxyl groups is 1. The normalized spacial score (nSPS) is 11.7. The summed E-state index contributed by atoms with van der Waals surface area (Å²) < 4.78 is 28.2. The molecular weight excluding hydrogens is 274 g/mol. The smallest absolute Gasteiger partial charge is 0.272 e. The van der Waals surface area contributed by atoms with Gasteiger partial charge in [-0.05, 0) is 18.6 Å². The number of sulfonamides is 1. The van der Waals surface area contributed by atoms with Gasteiger partial charge in [-0.1, -0.05) is 0 Å². The Hall–Kier alpha value is -1.38. The molecule has 0 spiro atoms. The zero-order valence-electron chi connectivity index (χ0n) is 9.91. The average molecular weight is 287 g/mol. The summed E-state index contributed by atoms with van der Waals surface area (Å²) in [6.45, 7) is 1.61. The van der Waals surface area contributed by atoms with Crippen molar-refractivity contribution in [1.29, 1.82) is 0 Å². The Labute approximate surface area is 109 Å². The number of nitrogens with one attached hydrogen (secondary N) is 1. The maximum Gasteiger partial charge on any atom is 0.272 e. The van der Waals surface area contributed by atoms with Gasteiger partial charge in [-0.25, -0.2) is 8.42 Å². The molecule has 98 valence electrons. The third-order valence-electron chi connectivity index (χ3n) is 2.36. The minimum atomic E-state index is -3.63. The first-order chi connectivity index (χ1) is 8.42. The van der Waals surface area contributed by atoms with E-state index in [0.717, 1.165) is 16.9 Å². The number of aryl methyl sites for hydroxylation is 2. The van der Waals surface area contributed by atoms with Crippen molar-refractivity contribution in [2.75, 3.05) is 4.72 Å². The quantitative estimate of drug-likeness (QED) is 0.881. The number of hydrogen-bond acceptors (Lipinski definition) is 5. The van der Waals surface area contributed by atoms with Gasteiger partial charge in [-0.15, -0.1) is 11.3 Å². The highest BCUT2D eigenvalue weighted by Crippen LogP contribution is 2.27. The monoisotopic (exact) mass is 287 g/mol. The topological polar surface area (TPSA) is 84.2 Å². The maximum atomic E-state index is 12.1. The van der Waals surface area contributed by atoms with E-state index in [1.807, 2.05) is 0 Å². The molecule has 6 nitrogen and oxygen atoms in total. The average Bonchev–Trinajstić information content (AvgIpc) is 2.84. The lowest BCUT2D eigenvalue weighted by molar-refractivity contribution is 0.285. The second-order valence-electron chi connectivity index (χ2n) is 3.81. The molecule has 2 N–H and O–H groups in total. The fourth-order valence-electron chi connectivity index (χ4n) is 1.44. The Balaban J connectivity index is 2.30. The molecule has 0 unspecified atom stereocenters. The highest BCUT2D eigenvalue weighted by molar-refractivity contribution is 7.94. The van der Waals surface area contributed by atoms with Crippen LogP contribution in [-0.2, 0) is 23.7 Å². The largest absolute Gasteiger partial charge is 0.391 e. The molecule has 8 heteroatoms. The van der Waals surface area contributed by atoms with Crippen LogP contribution in [0.5, 0.6) is 0 Å². The summed E-state index contributed by atoms with van der Waals surface area (Å²) in [6, 6.07) is 3.12. The summed E-state index contributed by atoms with van der Waals surface area (Å²) in [7, 11) is -1.92. The second kappa shape index (κ2) is 4.71. The van der Waals surface area contributed by atoms with Crippen molar-refractivity contribution in [2.24, 2.45) is 7.05 Å². The van der Waals surface area contributed by atoms with Crippen LogP contribution in [0.2, 0.25) is 0 Å². The SMILES string of the molecule is Cc1cc(S(=O)(=O)Nc2ccn(C)n2)sc1CO. The van der Waals surface area contributed by atoms with Gasteiger partial charge in [-0.2, -0.15) is 5.10 Å². The molecule has 0 atom stereocenters. The van der Waals surface area contributed by atoms with E-state index < -0.39 is 10.0 Å². The second-order valence-corrected chi connectivity index (χ2v) is 6.86. The highest BCUT2D eigenvalue weighted by Gasteiger charge is 2.19. The first-order valence-electron chi connectivity index (χ1n) is 5.15. The maximum absolute atomic E-state index is 12.1. The zero-order valence-corrected chi connectivity index (χ0v) is 11.5. The molecule has 2 rings (SSSR count). The lowest BCUT2D eigenvalue weighted by Crippen LogP contribution is -2.12. The third kappa shape index (κ3) is 2.55. The molecule has 18 heavy (non-hydrogen) atoms. The molecule has 0 radical (unpaired) electrons. The van der Waals surface area contributed by atoms with Crippen molar-refractivity contribution in [3.05, 3.63) is 28.8 Å². The Morgan fingerprint density at radius 2 is 2.28 bits per heavy atom. The standard InChI is InChI=1S/C10H13N3O3S2/c1-7-5-10(17-8(7)6-14)18(15,16)12-9-3-4-13(2)11-9/h3-5,14H,6H2,1-2H3,(H,11,12). The van der Waals surface area contributed by atoms with Crippen molar-refractivity contribution < 1.29 is 13.5 Å². The van der Waals surface area contributed by atoms with Gasteiger partial charge < -0.3 is 5.11 Å². The van der Waals surface area contributed by atoms with Crippen LogP contribution < -0.4 is 4.72 Å². The number of nitrogens with zero attached hydrogens (tertiary/aromatic N) is 2. The van der Waals surface area contributed by atoms with Crippen molar-refractivity contribution >= 4 is 27.2 Å². The summed E-state index contributed by atoms with van der Waals surface area (Å²) in [5.41, 5.74) is 0.767. The van der Waals surface area contributed by atoms with Gasteiger partial charge in [0, 0.05) is 24.2 Å². The molecule has 0 aliphatic carbocycles. The van der Waals surface area contributed by atoms with Gasteiger partial charge in [0.1, 0.15) is 4.21 Å². The summed E-state index contributed by atoms with van der Waals surface area (Å²) in [6.07, 6.45) is 1.65. The summed E-state index contributed by atoms with van der Waals surface area (Å²) in [5, 5.41) is 13.0. The Morgan fingerprint density at radius 1 is 1.56 bits per heavy atom. The van der Waals surface area contributed by atoms with E-state index in [1.54, 1.807) is 32.3 Å². The van der Waals surface area contributed by atoms with Crippen LogP contribution in [0.1, 0.15) is 10.4 Å². The molecular formula is C10H13N3O3S2. The molecule has 0 saturated heterocycles. The molecule has 0 saturated carbocycles. The van der Waals surface area contributed by atoms with Gasteiger partial charge in [-0.3, -0.25) is 9.40 Å². The molecule has 0 aliphatic heterocycles. The first kappa shape index (κ1) is 13.1. The Kier molecular flexibility index (Phi) is 3.42. The molecule has 0 fully saturated rings. The highest BCUT2D eigenvalue weighted by atomic mass is 32.2. The predicted octanol–water partition coefficient (Wildman–Crippen LogP) is 1.08. The Morgan fingerprint density at radius 3 is 2.78 bits per heavy atom. The molecule has 2 aromatic rings. The van der Waals surface area contributed by atoms with Crippen LogP contribution in [0.4, 0.5) is 5.82 Å². The number of anilines is 1. The number of hydrogen-bond donors (Lipinski definition) is 2. The van der Waals surface area contributed by atoms with Crippen LogP contribution in [0.25, 0.3) is 0 Å². The first-order valence-corrected chi connectivity index (χ1v) is 7.45. The summed E-state index contributed by atoms with van der Waals surface area (Å²) in [5.74, 6) is 0.272. The van der Waals surface area contributed by atoms with Crippen molar-refractivity contribution in [1.82, 2.24) is 9.78 Å². The molecule has 0 bridgehead atoms. The van der Waals surface area contributed by atoms with E-state index in [2.05, 4.69) is 9.82 Å². The summed E-state index contributed by atoms with van der Waals surface area (Å²) >= 11 is 1.06. The number of thiophene rings is 1. The number of aliphatic hydroxyl groups excluding tert-OH is 1. The zero-order chi connectivity index (χ0) is 13.3. The van der Waals surface area contributed by atoms with Gasteiger partial charge >= 0.3 is 0 Å². The molecule has 0 aromatic carbocycles. The van der Waals surface area contributed by atoms with Crippen molar-refractivity contribution in [3.63, 3.8) is 0 Å². The minimum Gasteiger partial charge on any atom is -0.391 e. The van der Waals surface area contributed by atoms with Crippen molar-refractivity contribution in [3.8, 4) is 0 Å². The van der Waals surface area contributed by atoms with Gasteiger partial charge in [0.25, 0.3) is 10.0 Å². The lowest BCUT2D eigenvalue weighted by Gasteiger charge is -2.01. The van der Waals surface area contributed by atoms with E-state index in [4.69, 9.17) is 5.11 Å². The number of aromatic nitrogens is 2. The fourth-order valence-corrected chi connectivity index (χ4v) is 3.88. The summed E-state index contributed by atoms with van der Waals surface area (Å²) in [4.78, 5) is 0.649.